The van der Waals surface area contributed by atoms with Crippen LogP contribution in [0.4, 0.5) is 0 Å². The van der Waals surface area contributed by atoms with Crippen LogP contribution >= 0.6 is 68.7 Å². The highest BCUT2D eigenvalue weighted by Crippen LogP contribution is 2.51. The molecule has 38 nitrogen and oxygen atoms in total. The maximum atomic E-state index is 14.6. The van der Waals surface area contributed by atoms with Gasteiger partial charge in [-0.3, -0.25) is 19.3 Å². The number of benzene rings is 2. The van der Waals surface area contributed by atoms with Crippen molar-refractivity contribution in [2.45, 2.75) is 315 Å². The Kier molecular flexibility index (Phi) is 38.4. The lowest BCUT2D eigenvalue weighted by atomic mass is 9.97. The maximum Gasteiger partial charge on any atom is 0.229 e. The zero-order valence-electron chi connectivity index (χ0n) is 70.9. The number of hydrogen-bond acceptors (Lipinski definition) is 40. The number of aliphatic hydroxyl groups is 8. The number of unbranched alkanes of at least 4 members (excludes halogenated alkanes) is 1. The van der Waals surface area contributed by atoms with E-state index in [9.17, 15) is 50.4 Å². The van der Waals surface area contributed by atoms with E-state index in [1.165, 1.54) is 42.7 Å². The second-order valence-corrected chi connectivity index (χ2v) is 35.2. The van der Waals surface area contributed by atoms with Gasteiger partial charge in [-0.1, -0.05) is 37.4 Å². The van der Waals surface area contributed by atoms with Crippen LogP contribution in [0.2, 0.25) is 0 Å². The summed E-state index contributed by atoms with van der Waals surface area (Å²) in [5, 5.41) is 96.8. The van der Waals surface area contributed by atoms with Crippen LogP contribution in [0.15, 0.2) is 0 Å². The van der Waals surface area contributed by atoms with E-state index in [1.807, 2.05) is 59.0 Å². The summed E-state index contributed by atoms with van der Waals surface area (Å²) >= 11 is 5.69. The summed E-state index contributed by atoms with van der Waals surface area (Å²) in [4.78, 5) is 41.2. The van der Waals surface area contributed by atoms with Crippen LogP contribution in [0, 0.1) is 21.0 Å². The molecule has 8 heterocycles. The minimum absolute atomic E-state index is 0.00114. The predicted molar refractivity (Wildman–Crippen MR) is 444 cm³/mol. The predicted octanol–water partition coefficient (Wildman–Crippen LogP) is 2.50. The Morgan fingerprint density at radius 1 is 0.425 bits per heavy atom. The summed E-state index contributed by atoms with van der Waals surface area (Å²) in [5.41, 5.74) is 6.93. The van der Waals surface area contributed by atoms with Crippen LogP contribution < -0.4 is 50.0 Å². The number of thioether (sulfide) groups is 2. The Morgan fingerprint density at radius 3 is 1.21 bits per heavy atom. The molecule has 0 aliphatic carbocycles. The molecule has 10 rings (SSSR count). The van der Waals surface area contributed by atoms with Gasteiger partial charge < -0.3 is 156 Å². The summed E-state index contributed by atoms with van der Waals surface area (Å²) in [7, 11) is 11.5. The summed E-state index contributed by atoms with van der Waals surface area (Å²) in [6.45, 7) is 19.5. The lowest BCUT2D eigenvalue weighted by molar-refractivity contribution is -0.334. The molecular formula is C78H124I2N4O34S2. The van der Waals surface area contributed by atoms with Gasteiger partial charge in [0.2, 0.25) is 34.3 Å². The Balaban J connectivity index is 0.720. The first-order valence-electron chi connectivity index (χ1n) is 40.5. The minimum Gasteiger partial charge on any atom is -0.492 e. The maximum absolute atomic E-state index is 14.6. The van der Waals surface area contributed by atoms with Crippen molar-refractivity contribution >= 4 is 78.9 Å². The molecule has 8 fully saturated rings. The largest absolute Gasteiger partial charge is 0.492 e. The number of aliphatic hydroxyl groups excluding tert-OH is 8. The van der Waals surface area contributed by atoms with Gasteiger partial charge in [-0.2, -0.15) is 11.0 Å². The topological polar surface area (TPSA) is 466 Å². The fourth-order valence-corrected chi connectivity index (χ4v) is 19.7. The zero-order valence-corrected chi connectivity index (χ0v) is 76.8. The molecule has 2 aromatic rings. The molecule has 0 bridgehead atoms. The highest BCUT2D eigenvalue weighted by Gasteiger charge is 2.53. The minimum atomic E-state index is -1.58. The van der Waals surface area contributed by atoms with Crippen LogP contribution in [-0.2, 0) is 85.5 Å². The van der Waals surface area contributed by atoms with Crippen molar-refractivity contribution in [3.05, 3.63) is 29.4 Å². The van der Waals surface area contributed by atoms with Crippen molar-refractivity contribution in [2.75, 3.05) is 96.4 Å². The van der Waals surface area contributed by atoms with E-state index < -0.39 is 193 Å². The number of methoxy groups -OCH3 is 8. The van der Waals surface area contributed by atoms with Crippen molar-refractivity contribution in [1.82, 2.24) is 21.6 Å². The molecule has 8 aliphatic rings. The lowest BCUT2D eigenvalue weighted by Crippen LogP contribution is -2.64. The van der Waals surface area contributed by atoms with Crippen molar-refractivity contribution in [3.63, 3.8) is 0 Å². The van der Waals surface area contributed by atoms with Crippen LogP contribution in [0.5, 0.6) is 34.5 Å². The van der Waals surface area contributed by atoms with E-state index in [1.54, 1.807) is 69.6 Å². The standard InChI is InChI=1S/C78H124I2N4O34S2/c1-19-81-39-29-105-45(27-43(39)95-11)113-67-57(89)53(33(5)109-77(67)102-18)83-117-47-25-41(85)71(37(9)107-47)120-74(94)50-32(4)52(80)64(70(101-17)62(50)98-14)116-76-60(92)66(56(88)36(8)112-76)103-23-21-22-24-104-78-68(114-46-28-44(96-12)40(30-106-46)82-20-2)58(90)54(34(6)110-78)84-118-48-26-42(86)72(38(10)108-48)119-73(93)49-31(3)51(79)63(69(100-16)61(49)97-13)115-75-59(91)65(99-15)55(87)35(7)111-75/h33-48,53-60,65-68,71-72,75-78,81-92H,19-30H2,1-18H3/t33-,34-,35+,36+,37-,38-,39+,40+,41+,42+,43+,44+,45-,46+,47+,48+,53-,54-,55+,56+,57+,58+,59-,60-,65-,66-,67-,68-,71-,72-,75+,76+,77-,78-/m1/s1. The molecule has 0 unspecified atom stereocenters. The van der Waals surface area contributed by atoms with Crippen LogP contribution in [0.3, 0.4) is 0 Å². The summed E-state index contributed by atoms with van der Waals surface area (Å²) in [6.07, 6.45) is -27.3. The van der Waals surface area contributed by atoms with E-state index in [-0.39, 0.29) is 103 Å². The first kappa shape index (κ1) is 99.7. The molecule has 0 aromatic heterocycles. The molecule has 120 heavy (non-hydrogen) atoms. The number of ether oxygens (including phenoxy) is 22. The third-order valence-corrected chi connectivity index (χ3v) is 28.3. The fraction of sp³-hybridized carbons (Fsp3) is 0.821. The van der Waals surface area contributed by atoms with Crippen molar-refractivity contribution < 1.29 is 164 Å². The Labute approximate surface area is 735 Å². The average Bonchev–Trinajstić information content (AvgIpc) is 0.761. The Morgan fingerprint density at radius 2 is 0.817 bits per heavy atom. The quantitative estimate of drug-likeness (QED) is 0.0263. The summed E-state index contributed by atoms with van der Waals surface area (Å²) < 4.78 is 134. The van der Waals surface area contributed by atoms with Crippen LogP contribution in [0.1, 0.15) is 126 Å². The first-order valence-corrected chi connectivity index (χ1v) is 44.5. The van der Waals surface area contributed by atoms with E-state index in [2.05, 4.69) is 21.6 Å². The molecular weight excluding hydrogens is 1850 g/mol. The molecule has 2 aromatic carbocycles. The summed E-state index contributed by atoms with van der Waals surface area (Å²) in [5.74, 6) is 0.250. The third-order valence-electron chi connectivity index (χ3n) is 22.9. The molecule has 8 saturated heterocycles. The molecule has 0 amide bonds. The fourth-order valence-electron chi connectivity index (χ4n) is 16.1. The Hall–Kier alpha value is -2.46. The van der Waals surface area contributed by atoms with E-state index >= 15 is 0 Å². The van der Waals surface area contributed by atoms with Gasteiger partial charge in [0.15, 0.2) is 60.7 Å². The smallest absolute Gasteiger partial charge is 0.229 e. The van der Waals surface area contributed by atoms with Crippen molar-refractivity contribution in [1.29, 1.82) is 0 Å². The molecule has 0 spiro atoms. The molecule has 34 atom stereocenters. The highest BCUT2D eigenvalue weighted by atomic mass is 127. The number of hydroxylamine groups is 2. The molecule has 686 valence electrons. The van der Waals surface area contributed by atoms with Crippen molar-refractivity contribution in [3.8, 4) is 34.5 Å². The molecule has 0 radical (unpaired) electrons. The normalized spacial score (nSPS) is 38.8. The number of rotatable bonds is 37. The number of carbonyl (C=O) groups excluding carboxylic acids is 2. The van der Waals surface area contributed by atoms with Gasteiger partial charge in [-0.05, 0) is 138 Å². The number of likely N-dealkylation sites (N-methyl/N-ethyl adjacent to an activating group) is 2. The molecule has 0 saturated carbocycles. The Bertz CT molecular complexity index is 3560. The first-order chi connectivity index (χ1) is 57.3. The van der Waals surface area contributed by atoms with E-state index in [0.717, 1.165) is 30.1 Å². The van der Waals surface area contributed by atoms with Gasteiger partial charge >= 0.3 is 0 Å². The van der Waals surface area contributed by atoms with E-state index in [0.29, 0.717) is 57.1 Å². The highest BCUT2D eigenvalue weighted by molar-refractivity contribution is 14.1. The van der Waals surface area contributed by atoms with Crippen LogP contribution in [0.25, 0.3) is 0 Å². The lowest BCUT2D eigenvalue weighted by Gasteiger charge is -2.46. The number of hydrogen-bond donors (Lipinski definition) is 12. The van der Waals surface area contributed by atoms with Crippen molar-refractivity contribution in [2.24, 2.45) is 0 Å². The summed E-state index contributed by atoms with van der Waals surface area (Å²) in [6, 6.07) is -2.00. The number of halogens is 2. The van der Waals surface area contributed by atoms with Crippen LogP contribution in [-0.4, -0.2) is 355 Å². The second kappa shape index (κ2) is 46.2. The molecule has 8 aliphatic heterocycles. The third kappa shape index (κ3) is 23.0. The van der Waals surface area contributed by atoms with Gasteiger partial charge in [0.05, 0.1) is 156 Å². The molecule has 12 N–H and O–H groups in total. The van der Waals surface area contributed by atoms with Gasteiger partial charge in [-0.15, -0.1) is 0 Å². The SMILES string of the molecule is CCN[C@H]1CO[C@H](O[C@H]2[C@H](OC)O[C@H](C)[C@@H](NO[C@H]3C[C@H](O)[C@H](SC(=O)c4c(C)c(I)c(O[C@@H]5O[C@@H](C)[C@H](O)[C@@H](OCCCCO[C@@H]6O[C@H](C)[C@@H](NO[C@H]7C[C@H](O)[C@H](SC(=O)c8c(C)c(I)c(O[C@@H]9O[C@@H](C)[C@H](O)[C@@H](OC)[C@H]9O)c(OC)c8OC)[C@@H](C)O7)[C@H](O)[C@H]6O[C@H]6C[C@H](OC)[C@@H](NCC)CO6)[C@H]5O)c(OC)c4OC)[C@@H](C)O3)[C@@H]2O)C[C@@H]1OC. The van der Waals surface area contributed by atoms with E-state index in [4.69, 9.17) is 114 Å². The van der Waals surface area contributed by atoms with Gasteiger partial charge in [0.25, 0.3) is 0 Å². The van der Waals surface area contributed by atoms with Gasteiger partial charge in [0.1, 0.15) is 61.0 Å². The van der Waals surface area contributed by atoms with Gasteiger partial charge in [0, 0.05) is 67.3 Å². The van der Waals surface area contributed by atoms with Gasteiger partial charge in [-0.25, -0.2) is 0 Å². The second-order valence-electron chi connectivity index (χ2n) is 30.8. The number of carbonyl (C=O) groups is 2. The zero-order chi connectivity index (χ0) is 87.4. The number of nitrogens with one attached hydrogen (secondary N) is 4. The average molecular weight is 1980 g/mol. The monoisotopic (exact) mass is 1980 g/mol. The molecule has 42 heteroatoms.